The molecule has 28 heavy (non-hydrogen) atoms. The van der Waals surface area contributed by atoms with Gasteiger partial charge in [-0.05, 0) is 35.7 Å². The van der Waals surface area contributed by atoms with E-state index >= 15 is 0 Å². The van der Waals surface area contributed by atoms with Crippen LogP contribution in [0.15, 0.2) is 77.7 Å². The first kappa shape index (κ1) is 18.5. The molecule has 1 aliphatic rings. The number of hydrogen-bond acceptors (Lipinski definition) is 4. The SMILES string of the molecule is Cc1ccccc1[C@@H](NS(=O)(=O)c1ccc2c(c1)OCCO2)c1ccccc1. The van der Waals surface area contributed by atoms with Crippen molar-refractivity contribution in [2.24, 2.45) is 0 Å². The lowest BCUT2D eigenvalue weighted by atomic mass is 9.96. The van der Waals surface area contributed by atoms with E-state index in [9.17, 15) is 8.42 Å². The molecule has 6 heteroatoms. The highest BCUT2D eigenvalue weighted by Crippen LogP contribution is 2.33. The fraction of sp³-hybridized carbons (Fsp3) is 0.182. The molecular weight excluding hydrogens is 374 g/mol. The first-order valence-electron chi connectivity index (χ1n) is 9.07. The molecule has 5 nitrogen and oxygen atoms in total. The monoisotopic (exact) mass is 395 g/mol. The van der Waals surface area contributed by atoms with Gasteiger partial charge in [-0.15, -0.1) is 0 Å². The van der Waals surface area contributed by atoms with E-state index in [4.69, 9.17) is 9.47 Å². The van der Waals surface area contributed by atoms with E-state index in [-0.39, 0.29) is 4.90 Å². The summed E-state index contributed by atoms with van der Waals surface area (Å²) >= 11 is 0. The van der Waals surface area contributed by atoms with Crippen molar-refractivity contribution in [3.8, 4) is 11.5 Å². The molecule has 3 aromatic rings. The van der Waals surface area contributed by atoms with Gasteiger partial charge in [-0.25, -0.2) is 8.42 Å². The third-order valence-corrected chi connectivity index (χ3v) is 6.15. The summed E-state index contributed by atoms with van der Waals surface area (Å²) in [5.74, 6) is 1.00. The minimum absolute atomic E-state index is 0.145. The number of ether oxygens (including phenoxy) is 2. The van der Waals surface area contributed by atoms with Crippen LogP contribution in [0.3, 0.4) is 0 Å². The van der Waals surface area contributed by atoms with E-state index < -0.39 is 16.1 Å². The summed E-state index contributed by atoms with van der Waals surface area (Å²) in [6.07, 6.45) is 0. The number of hydrogen-bond donors (Lipinski definition) is 1. The van der Waals surface area contributed by atoms with Gasteiger partial charge >= 0.3 is 0 Å². The number of fused-ring (bicyclic) bond motifs is 1. The molecule has 4 rings (SSSR count). The second-order valence-electron chi connectivity index (χ2n) is 6.63. The molecule has 0 aromatic heterocycles. The maximum absolute atomic E-state index is 13.2. The van der Waals surface area contributed by atoms with Crippen molar-refractivity contribution in [1.82, 2.24) is 4.72 Å². The maximum Gasteiger partial charge on any atom is 0.241 e. The third kappa shape index (κ3) is 3.74. The van der Waals surface area contributed by atoms with Crippen LogP contribution < -0.4 is 14.2 Å². The summed E-state index contributed by atoms with van der Waals surface area (Å²) in [5, 5.41) is 0. The Morgan fingerprint density at radius 3 is 2.29 bits per heavy atom. The molecule has 1 aliphatic heterocycles. The van der Waals surface area contributed by atoms with Crippen LogP contribution in [0, 0.1) is 6.92 Å². The highest BCUT2D eigenvalue weighted by atomic mass is 32.2. The molecule has 0 radical (unpaired) electrons. The summed E-state index contributed by atoms with van der Waals surface area (Å²) in [6, 6.07) is 21.5. The van der Waals surface area contributed by atoms with Gasteiger partial charge in [-0.1, -0.05) is 54.6 Å². The molecule has 1 atom stereocenters. The Hall–Kier alpha value is -2.83. The predicted octanol–water partition coefficient (Wildman–Crippen LogP) is 3.83. The molecule has 0 bridgehead atoms. The second-order valence-corrected chi connectivity index (χ2v) is 8.34. The zero-order chi connectivity index (χ0) is 19.6. The summed E-state index contributed by atoms with van der Waals surface area (Å²) in [7, 11) is -3.79. The van der Waals surface area contributed by atoms with Gasteiger partial charge in [0, 0.05) is 6.07 Å². The Balaban J connectivity index is 1.73. The lowest BCUT2D eigenvalue weighted by molar-refractivity contribution is 0.171. The molecular formula is C22H21NO4S. The van der Waals surface area contributed by atoms with E-state index in [1.54, 1.807) is 6.07 Å². The predicted molar refractivity (Wildman–Crippen MR) is 107 cm³/mol. The van der Waals surface area contributed by atoms with Gasteiger partial charge in [0.25, 0.3) is 0 Å². The van der Waals surface area contributed by atoms with Crippen LogP contribution in [0.2, 0.25) is 0 Å². The average Bonchev–Trinajstić information content (AvgIpc) is 2.73. The van der Waals surface area contributed by atoms with Crippen molar-refractivity contribution in [2.75, 3.05) is 13.2 Å². The third-order valence-electron chi connectivity index (χ3n) is 4.73. The van der Waals surface area contributed by atoms with Crippen molar-refractivity contribution in [3.05, 3.63) is 89.5 Å². The average molecular weight is 395 g/mol. The number of aryl methyl sites for hydroxylation is 1. The Morgan fingerprint density at radius 2 is 1.54 bits per heavy atom. The highest BCUT2D eigenvalue weighted by Gasteiger charge is 2.25. The van der Waals surface area contributed by atoms with Gasteiger partial charge in [-0.2, -0.15) is 4.72 Å². The molecule has 0 amide bonds. The van der Waals surface area contributed by atoms with Crippen molar-refractivity contribution >= 4 is 10.0 Å². The molecule has 1 N–H and O–H groups in total. The lowest BCUT2D eigenvalue weighted by Crippen LogP contribution is -2.30. The van der Waals surface area contributed by atoms with Gasteiger partial charge in [-0.3, -0.25) is 0 Å². The standard InChI is InChI=1S/C22H21NO4S/c1-16-7-5-6-10-19(16)22(17-8-3-2-4-9-17)23-28(24,25)18-11-12-20-21(15-18)27-14-13-26-20/h2-12,15,22-23H,13-14H2,1H3/t22-/m0/s1. The smallest absolute Gasteiger partial charge is 0.241 e. The van der Waals surface area contributed by atoms with E-state index in [1.807, 2.05) is 61.5 Å². The maximum atomic E-state index is 13.2. The van der Waals surface area contributed by atoms with Crippen LogP contribution in [0.25, 0.3) is 0 Å². The topological polar surface area (TPSA) is 64.6 Å². The van der Waals surface area contributed by atoms with Gasteiger partial charge in [0.2, 0.25) is 10.0 Å². The molecule has 0 unspecified atom stereocenters. The summed E-state index contributed by atoms with van der Waals surface area (Å²) < 4.78 is 40.2. The van der Waals surface area contributed by atoms with Crippen molar-refractivity contribution in [1.29, 1.82) is 0 Å². The van der Waals surface area contributed by atoms with E-state index in [1.165, 1.54) is 12.1 Å². The number of nitrogens with one attached hydrogen (secondary N) is 1. The first-order chi connectivity index (χ1) is 13.5. The quantitative estimate of drug-likeness (QED) is 0.713. The molecule has 3 aromatic carbocycles. The Kier molecular flexibility index (Phi) is 5.07. The minimum atomic E-state index is -3.79. The van der Waals surface area contributed by atoms with Gasteiger partial charge in [0.15, 0.2) is 11.5 Å². The molecule has 0 aliphatic carbocycles. The summed E-state index contributed by atoms with van der Waals surface area (Å²) in [4.78, 5) is 0.145. The molecule has 0 fully saturated rings. The largest absolute Gasteiger partial charge is 0.486 e. The van der Waals surface area contributed by atoms with Crippen LogP contribution in [0.1, 0.15) is 22.7 Å². The Labute approximate surface area is 165 Å². The van der Waals surface area contributed by atoms with Crippen LogP contribution in [-0.4, -0.2) is 21.6 Å². The van der Waals surface area contributed by atoms with Gasteiger partial charge < -0.3 is 9.47 Å². The van der Waals surface area contributed by atoms with Crippen molar-refractivity contribution in [2.45, 2.75) is 17.9 Å². The molecule has 0 spiro atoms. The van der Waals surface area contributed by atoms with Crippen molar-refractivity contribution < 1.29 is 17.9 Å². The van der Waals surface area contributed by atoms with E-state index in [0.29, 0.717) is 24.7 Å². The van der Waals surface area contributed by atoms with Crippen LogP contribution >= 0.6 is 0 Å². The number of sulfonamides is 1. The zero-order valence-electron chi connectivity index (χ0n) is 15.5. The lowest BCUT2D eigenvalue weighted by Gasteiger charge is -2.23. The zero-order valence-corrected chi connectivity index (χ0v) is 16.3. The highest BCUT2D eigenvalue weighted by molar-refractivity contribution is 7.89. The first-order valence-corrected chi connectivity index (χ1v) is 10.6. The molecule has 0 saturated carbocycles. The van der Waals surface area contributed by atoms with Crippen LogP contribution in [0.5, 0.6) is 11.5 Å². The van der Waals surface area contributed by atoms with E-state index in [0.717, 1.165) is 16.7 Å². The summed E-state index contributed by atoms with van der Waals surface area (Å²) in [5.41, 5.74) is 2.80. The molecule has 1 heterocycles. The number of benzene rings is 3. The Bertz CT molecular complexity index is 1080. The minimum Gasteiger partial charge on any atom is -0.486 e. The molecule has 144 valence electrons. The van der Waals surface area contributed by atoms with Crippen LogP contribution in [0.4, 0.5) is 0 Å². The van der Waals surface area contributed by atoms with E-state index in [2.05, 4.69) is 4.72 Å². The summed E-state index contributed by atoms with van der Waals surface area (Å²) in [6.45, 7) is 2.84. The fourth-order valence-corrected chi connectivity index (χ4v) is 4.50. The second kappa shape index (κ2) is 7.66. The Morgan fingerprint density at radius 1 is 0.857 bits per heavy atom. The van der Waals surface area contributed by atoms with Crippen LogP contribution in [-0.2, 0) is 10.0 Å². The normalized spacial score (nSPS) is 14.5. The van der Waals surface area contributed by atoms with Gasteiger partial charge in [0.1, 0.15) is 13.2 Å². The molecule has 0 saturated heterocycles. The number of rotatable bonds is 5. The fourth-order valence-electron chi connectivity index (χ4n) is 3.28. The van der Waals surface area contributed by atoms with Gasteiger partial charge in [0.05, 0.1) is 10.9 Å². The van der Waals surface area contributed by atoms with Crippen molar-refractivity contribution in [3.63, 3.8) is 0 Å².